The van der Waals surface area contributed by atoms with Crippen LogP contribution in [0.25, 0.3) is 0 Å². The van der Waals surface area contributed by atoms with Crippen LogP contribution in [0.4, 0.5) is 0 Å². The summed E-state index contributed by atoms with van der Waals surface area (Å²) in [4.78, 5) is 77.8. The van der Waals surface area contributed by atoms with E-state index < -0.39 is 17.9 Å². The van der Waals surface area contributed by atoms with Crippen LogP contribution in [0.15, 0.2) is 0 Å². The molecule has 0 amide bonds. The summed E-state index contributed by atoms with van der Waals surface area (Å²) >= 11 is 0. The Morgan fingerprint density at radius 3 is 0.944 bits per heavy atom. The molecule has 19 nitrogen and oxygen atoms in total. The Morgan fingerprint density at radius 1 is 0.416 bits per heavy atom. The van der Waals surface area contributed by atoms with Gasteiger partial charge in [0.25, 0.3) is 6.47 Å². The molecule has 0 saturated heterocycles. The summed E-state index contributed by atoms with van der Waals surface area (Å²) in [6, 6.07) is 0. The van der Waals surface area contributed by atoms with E-state index in [1.54, 1.807) is 0 Å². The lowest BCUT2D eigenvalue weighted by Crippen LogP contribution is -3.05. The van der Waals surface area contributed by atoms with Crippen molar-refractivity contribution in [2.75, 3.05) is 109 Å². The summed E-state index contributed by atoms with van der Waals surface area (Å²) < 4.78 is 10.3. The first-order valence-corrected chi connectivity index (χ1v) is 34.1. The van der Waals surface area contributed by atoms with E-state index in [0.29, 0.717) is 52.0 Å². The molecule has 0 unspecified atom stereocenters. The van der Waals surface area contributed by atoms with Gasteiger partial charge in [-0.25, -0.2) is 0 Å². The van der Waals surface area contributed by atoms with Crippen molar-refractivity contribution >= 4 is 55.0 Å². The number of rotatable bonds is 52. The maximum absolute atomic E-state index is 11.6. The summed E-state index contributed by atoms with van der Waals surface area (Å²) in [5.41, 5.74) is 5.20. The van der Waals surface area contributed by atoms with Gasteiger partial charge in [-0.3, -0.25) is 28.8 Å². The molecule has 89 heavy (non-hydrogen) atoms. The van der Waals surface area contributed by atoms with E-state index >= 15 is 0 Å². The number of carbonyl (C=O) groups is 7. The summed E-state index contributed by atoms with van der Waals surface area (Å²) in [6.45, 7) is 14.3. The second-order valence-electron chi connectivity index (χ2n) is 23.3. The van der Waals surface area contributed by atoms with Gasteiger partial charge in [0.1, 0.15) is 6.29 Å². The minimum absolute atomic E-state index is 0. The third-order valence-corrected chi connectivity index (χ3v) is 12.9. The number of hydrogen-bond acceptors (Lipinski definition) is 14. The van der Waals surface area contributed by atoms with Crippen LogP contribution in [0, 0.1) is 0 Å². The number of carboxylic acid groups (broad SMARTS) is 4. The van der Waals surface area contributed by atoms with E-state index in [9.17, 15) is 24.0 Å². The highest BCUT2D eigenvalue weighted by molar-refractivity contribution is 5.85. The highest BCUT2D eigenvalue weighted by Gasteiger charge is 2.05. The van der Waals surface area contributed by atoms with Crippen LogP contribution in [0.2, 0.25) is 0 Å². The Balaban J connectivity index is -0.000000105. The van der Waals surface area contributed by atoms with Gasteiger partial charge in [0, 0.05) is 38.7 Å². The molecule has 0 bridgehead atoms. The van der Waals surface area contributed by atoms with Crippen molar-refractivity contribution in [1.82, 2.24) is 14.7 Å². The third kappa shape index (κ3) is 152. The summed E-state index contributed by atoms with van der Waals surface area (Å²) in [7, 11) is 16.6. The lowest BCUT2D eigenvalue weighted by molar-refractivity contribution is -0.858. The smallest absolute Gasteiger partial charge is 0.305 e. The minimum atomic E-state index is -0.716. The Hall–Kier alpha value is -3.17. The van der Waals surface area contributed by atoms with Gasteiger partial charge in [0.05, 0.1) is 33.9 Å². The van der Waals surface area contributed by atoms with Gasteiger partial charge >= 0.3 is 29.8 Å². The van der Waals surface area contributed by atoms with Crippen LogP contribution in [-0.4, -0.2) is 192 Å². The molecular weight excluding hydrogens is 1180 g/mol. The van der Waals surface area contributed by atoms with Crippen molar-refractivity contribution in [1.29, 1.82) is 0 Å². The van der Waals surface area contributed by atoms with Crippen molar-refractivity contribution in [3.63, 3.8) is 0 Å². The monoisotopic (exact) mass is 1330 g/mol. The van der Waals surface area contributed by atoms with Gasteiger partial charge in [0.2, 0.25) is 0 Å². The molecule has 0 aliphatic rings. The molecule has 8 N–H and O–H groups in total. The number of aldehydes is 1. The van der Waals surface area contributed by atoms with Crippen LogP contribution < -0.4 is 23.0 Å². The van der Waals surface area contributed by atoms with Gasteiger partial charge in [-0.15, -0.1) is 12.4 Å². The van der Waals surface area contributed by atoms with Crippen LogP contribution in [0.3, 0.4) is 0 Å². The fraction of sp³-hybridized carbons (Fsp3) is 0.897. The van der Waals surface area contributed by atoms with E-state index in [1.165, 1.54) is 140 Å². The molecule has 0 atom stereocenters. The molecule has 0 aromatic heterocycles. The molecule has 540 valence electrons. The summed E-state index contributed by atoms with van der Waals surface area (Å²) in [5.74, 6) is -2.13. The van der Waals surface area contributed by atoms with E-state index in [0.717, 1.165) is 135 Å². The van der Waals surface area contributed by atoms with Crippen molar-refractivity contribution < 1.29 is 85.9 Å². The predicted octanol–water partition coefficient (Wildman–Crippen LogP) is 10.4. The van der Waals surface area contributed by atoms with Crippen molar-refractivity contribution in [2.24, 2.45) is 5.73 Å². The number of hydrogen-bond donors (Lipinski definition) is 7. The van der Waals surface area contributed by atoms with E-state index in [4.69, 9.17) is 50.3 Å². The lowest BCUT2D eigenvalue weighted by atomic mass is 10.1. The second kappa shape index (κ2) is 101. The molecule has 21 heteroatoms. The standard InChI is InChI=1S/C20H41NO2.C12H26O.C11H23NO2.2C8H17NO2.C6H13NO2.C2H4O.CH2O2.2ClH/c1-4-5-6-7-8-9-10-11-12-16-19-23-20(22)17-14-13-15-18-21(2)3;1-2-3-4-5-6-7-8-9-10-11-12-13;1-4-10-14-11(13)8-6-5-7-9-12(2)3;2*1-9(2)7-5-3-4-6-8(10)11;7-5-3-1-2-4-6(8)9;1-2-3;2-1-3;;/h4-19H2,1-3H3;13H,2-12H2,1H3;4-10H2,1-3H3;2*3-7H2,1-2H3,(H,10,11);1-5,7H2,(H,8,9);2H,1H3;1H,(H,2,3);2*1H. The average molecular weight is 1330 g/mol. The SMILES string of the molecule is CC=O.CCCCCCCCCCCCO.CCCCCCCCCCCCOC(=O)CCCCC[NH+](C)C.CCCOC(=O)CCCCCN(C)C.CN(C)CCCCCC(=O)O.CN(C)CCCCCC(=O)O.Cl.NCCCCCC(=O)O.O=CO.[Cl-]. The number of nitrogens with zero attached hydrogens (tertiary/aromatic N) is 3. The number of aliphatic carboxylic acids is 3. The topological polar surface area (TPSA) is 279 Å². The molecule has 0 fully saturated rings. The Labute approximate surface area is 558 Å². The zero-order valence-corrected chi connectivity index (χ0v) is 61.0. The third-order valence-electron chi connectivity index (χ3n) is 12.9. The molecule has 0 aliphatic heterocycles. The van der Waals surface area contributed by atoms with E-state index in [-0.39, 0.29) is 49.6 Å². The number of carbonyl (C=O) groups excluding carboxylic acids is 3. The first kappa shape index (κ1) is 107. The van der Waals surface area contributed by atoms with E-state index in [1.807, 2.05) is 35.1 Å². The fourth-order valence-corrected chi connectivity index (χ4v) is 7.89. The van der Waals surface area contributed by atoms with Crippen LogP contribution in [0.5, 0.6) is 0 Å². The van der Waals surface area contributed by atoms with Gasteiger partial charge in [-0.05, 0) is 165 Å². The van der Waals surface area contributed by atoms with Crippen LogP contribution >= 0.6 is 12.4 Å². The fourth-order valence-electron chi connectivity index (χ4n) is 7.89. The van der Waals surface area contributed by atoms with Crippen molar-refractivity contribution in [3.05, 3.63) is 0 Å². The summed E-state index contributed by atoms with van der Waals surface area (Å²) in [6.07, 6.45) is 45.2. The number of aliphatic hydroxyl groups excluding tert-OH is 1. The highest BCUT2D eigenvalue weighted by Crippen LogP contribution is 2.12. The number of aliphatic hydroxyl groups is 1. The predicted molar refractivity (Wildman–Crippen MR) is 368 cm³/mol. The molecule has 0 aromatic carbocycles. The van der Waals surface area contributed by atoms with Crippen molar-refractivity contribution in [3.8, 4) is 0 Å². The van der Waals surface area contributed by atoms with Crippen molar-refractivity contribution in [2.45, 2.75) is 291 Å². The molecule has 0 rings (SSSR count). The molecule has 0 aliphatic carbocycles. The molecule has 0 saturated carbocycles. The number of nitrogens with two attached hydrogens (primary N) is 1. The molecule has 0 aromatic rings. The Kier molecular flexibility index (Phi) is 122. The minimum Gasteiger partial charge on any atom is -1.00 e. The Bertz CT molecular complexity index is 1330. The number of halogens is 2. The maximum atomic E-state index is 11.6. The van der Waals surface area contributed by atoms with Gasteiger partial charge in [-0.2, -0.15) is 0 Å². The maximum Gasteiger partial charge on any atom is 0.305 e. The normalized spacial score (nSPS) is 9.91. The van der Waals surface area contributed by atoms with Gasteiger partial charge in [0.15, 0.2) is 0 Å². The number of nitrogens with one attached hydrogen (secondary N) is 1. The molecule has 0 heterocycles. The number of ether oxygens (including phenoxy) is 2. The lowest BCUT2D eigenvalue weighted by Gasteiger charge is -2.08. The van der Waals surface area contributed by atoms with Gasteiger partial charge in [-0.1, -0.05) is 162 Å². The largest absolute Gasteiger partial charge is 1.00 e. The highest BCUT2D eigenvalue weighted by atomic mass is 35.5. The Morgan fingerprint density at radius 2 is 0.674 bits per heavy atom. The van der Waals surface area contributed by atoms with E-state index in [2.05, 4.69) is 56.7 Å². The van der Waals surface area contributed by atoms with Crippen LogP contribution in [-0.2, 0) is 43.0 Å². The number of quaternary nitrogens is 1. The zero-order valence-electron chi connectivity index (χ0n) is 59.4. The number of esters is 2. The molecular formula is C68H145Cl2N5O14. The number of carboxylic acids is 3. The molecule has 0 radical (unpaired) electrons. The first-order valence-electron chi connectivity index (χ1n) is 34.1. The summed E-state index contributed by atoms with van der Waals surface area (Å²) in [5, 5.41) is 40.3. The molecule has 0 spiro atoms. The second-order valence-corrected chi connectivity index (χ2v) is 23.3. The first-order chi connectivity index (χ1) is 41.6. The number of unbranched alkanes of at least 4 members (excludes halogenated alkanes) is 28. The average Bonchev–Trinajstić information content (AvgIpc) is 3.45. The quantitative estimate of drug-likeness (QED) is 0.0169. The zero-order chi connectivity index (χ0) is 67.7. The van der Waals surface area contributed by atoms with Gasteiger partial charge < -0.3 is 77.5 Å². The van der Waals surface area contributed by atoms with Crippen LogP contribution in [0.1, 0.15) is 291 Å².